The van der Waals surface area contributed by atoms with Gasteiger partial charge in [-0.25, -0.2) is 4.79 Å². The van der Waals surface area contributed by atoms with E-state index in [9.17, 15) is 4.79 Å². The highest BCUT2D eigenvalue weighted by Gasteiger charge is 2.37. The largest absolute Gasteiger partial charge is 0.444 e. The maximum Gasteiger partial charge on any atom is 0.410 e. The molecule has 0 radical (unpaired) electrons. The molecule has 0 saturated carbocycles. The molecule has 0 unspecified atom stereocenters. The van der Waals surface area contributed by atoms with Gasteiger partial charge in [-0.2, -0.15) is 0 Å². The average Bonchev–Trinajstić information content (AvgIpc) is 2.45. The zero-order valence-corrected chi connectivity index (χ0v) is 10.6. The molecule has 0 spiro atoms. The van der Waals surface area contributed by atoms with Gasteiger partial charge in [0.2, 0.25) is 11.8 Å². The zero-order valence-electron chi connectivity index (χ0n) is 10.6. The molecule has 2 rings (SSSR count). The van der Waals surface area contributed by atoms with Crippen LogP contribution in [0.3, 0.4) is 0 Å². The Balaban J connectivity index is 1.85. The van der Waals surface area contributed by atoms with E-state index >= 15 is 0 Å². The van der Waals surface area contributed by atoms with Crippen molar-refractivity contribution >= 4 is 6.09 Å². The topological polar surface area (TPSA) is 68.5 Å². The minimum absolute atomic E-state index is 0.142. The second-order valence-corrected chi connectivity index (χ2v) is 5.24. The molecule has 94 valence electrons. The Morgan fingerprint density at radius 2 is 2.06 bits per heavy atom. The summed E-state index contributed by atoms with van der Waals surface area (Å²) in [5.41, 5.74) is -0.455. The van der Waals surface area contributed by atoms with Gasteiger partial charge in [-0.05, 0) is 20.8 Å². The Labute approximate surface area is 99.9 Å². The second kappa shape index (κ2) is 4.01. The lowest BCUT2D eigenvalue weighted by Crippen LogP contribution is -2.50. The van der Waals surface area contributed by atoms with Crippen LogP contribution in [-0.2, 0) is 4.74 Å². The molecule has 1 fully saturated rings. The molecule has 17 heavy (non-hydrogen) atoms. The van der Waals surface area contributed by atoms with Crippen molar-refractivity contribution in [2.45, 2.75) is 39.2 Å². The van der Waals surface area contributed by atoms with Crippen LogP contribution in [0.5, 0.6) is 0 Å². The van der Waals surface area contributed by atoms with Gasteiger partial charge in [-0.1, -0.05) is 0 Å². The van der Waals surface area contributed by atoms with Crippen molar-refractivity contribution in [3.63, 3.8) is 0 Å². The summed E-state index contributed by atoms with van der Waals surface area (Å²) in [6.07, 6.45) is -0.287. The number of rotatable bonds is 1. The molecule has 0 N–H and O–H groups in total. The molecule has 2 heterocycles. The summed E-state index contributed by atoms with van der Waals surface area (Å²) in [6, 6.07) is 0. The Hall–Kier alpha value is -1.59. The Morgan fingerprint density at radius 3 is 2.53 bits per heavy atom. The Bertz CT molecular complexity index is 416. The van der Waals surface area contributed by atoms with Gasteiger partial charge in [0.05, 0.1) is 5.92 Å². The van der Waals surface area contributed by atoms with Crippen molar-refractivity contribution in [3.8, 4) is 0 Å². The lowest BCUT2D eigenvalue weighted by Gasteiger charge is -2.37. The lowest BCUT2D eigenvalue weighted by molar-refractivity contribution is 0.00600. The van der Waals surface area contributed by atoms with Gasteiger partial charge >= 0.3 is 6.09 Å². The van der Waals surface area contributed by atoms with Crippen molar-refractivity contribution in [1.82, 2.24) is 15.1 Å². The minimum atomic E-state index is -0.455. The number of aromatic nitrogens is 2. The fraction of sp³-hybridized carbons (Fsp3) is 0.727. The van der Waals surface area contributed by atoms with Crippen LogP contribution in [0.1, 0.15) is 38.5 Å². The van der Waals surface area contributed by atoms with Gasteiger partial charge in [-0.3, -0.25) is 0 Å². The van der Waals surface area contributed by atoms with Crippen molar-refractivity contribution < 1.29 is 13.9 Å². The van der Waals surface area contributed by atoms with Crippen molar-refractivity contribution in [2.75, 3.05) is 13.1 Å². The Kier molecular flexibility index (Phi) is 2.81. The number of aryl methyl sites for hydroxylation is 1. The molecule has 1 aromatic rings. The van der Waals surface area contributed by atoms with Gasteiger partial charge in [-0.15, -0.1) is 10.2 Å². The van der Waals surface area contributed by atoms with Gasteiger partial charge in [0.1, 0.15) is 5.60 Å². The number of hydrogen-bond donors (Lipinski definition) is 0. The first-order valence-corrected chi connectivity index (χ1v) is 5.63. The summed E-state index contributed by atoms with van der Waals surface area (Å²) in [5.74, 6) is 1.29. The van der Waals surface area contributed by atoms with Crippen LogP contribution in [0, 0.1) is 6.92 Å². The maximum absolute atomic E-state index is 11.7. The highest BCUT2D eigenvalue weighted by Crippen LogP contribution is 2.27. The van der Waals surface area contributed by atoms with E-state index in [1.54, 1.807) is 11.8 Å². The summed E-state index contributed by atoms with van der Waals surface area (Å²) in [5, 5.41) is 7.71. The molecule has 0 bridgehead atoms. The summed E-state index contributed by atoms with van der Waals surface area (Å²) in [7, 11) is 0. The first-order valence-electron chi connectivity index (χ1n) is 5.63. The number of hydrogen-bond acceptors (Lipinski definition) is 5. The van der Waals surface area contributed by atoms with Crippen LogP contribution >= 0.6 is 0 Å². The molecule has 1 saturated heterocycles. The summed E-state index contributed by atoms with van der Waals surface area (Å²) in [6.45, 7) is 8.46. The summed E-state index contributed by atoms with van der Waals surface area (Å²) < 4.78 is 10.6. The fourth-order valence-corrected chi connectivity index (χ4v) is 1.59. The molecular weight excluding hydrogens is 222 g/mol. The first-order chi connectivity index (χ1) is 7.85. The standard InChI is InChI=1S/C11H17N3O3/c1-7-12-13-9(16-7)8-5-14(6-8)10(15)17-11(2,3)4/h8H,5-6H2,1-4H3. The van der Waals surface area contributed by atoms with Crippen LogP contribution in [0.15, 0.2) is 4.42 Å². The number of ether oxygens (including phenoxy) is 1. The van der Waals surface area contributed by atoms with E-state index in [1.165, 1.54) is 0 Å². The molecule has 6 nitrogen and oxygen atoms in total. The van der Waals surface area contributed by atoms with Crippen molar-refractivity contribution in [3.05, 3.63) is 11.8 Å². The second-order valence-electron chi connectivity index (χ2n) is 5.24. The van der Waals surface area contributed by atoms with Crippen LogP contribution < -0.4 is 0 Å². The maximum atomic E-state index is 11.7. The lowest BCUT2D eigenvalue weighted by atomic mass is 10.0. The molecule has 1 aromatic heterocycles. The number of nitrogens with zero attached hydrogens (tertiary/aromatic N) is 3. The predicted octanol–water partition coefficient (Wildman–Crippen LogP) is 1.71. The normalized spacial score (nSPS) is 16.8. The number of carbonyl (C=O) groups is 1. The van der Waals surface area contributed by atoms with Crippen LogP contribution in [0.4, 0.5) is 4.79 Å². The van der Waals surface area contributed by atoms with E-state index in [4.69, 9.17) is 9.15 Å². The average molecular weight is 239 g/mol. The van der Waals surface area contributed by atoms with Crippen LogP contribution in [-0.4, -0.2) is 39.9 Å². The molecule has 6 heteroatoms. The third-order valence-corrected chi connectivity index (χ3v) is 2.42. The molecule has 1 amide bonds. The van der Waals surface area contributed by atoms with Crippen LogP contribution in [0.2, 0.25) is 0 Å². The number of likely N-dealkylation sites (tertiary alicyclic amines) is 1. The minimum Gasteiger partial charge on any atom is -0.444 e. The fourth-order valence-electron chi connectivity index (χ4n) is 1.59. The van der Waals surface area contributed by atoms with E-state index in [0.29, 0.717) is 24.9 Å². The van der Waals surface area contributed by atoms with E-state index in [0.717, 1.165) is 0 Å². The summed E-state index contributed by atoms with van der Waals surface area (Å²) in [4.78, 5) is 13.3. The highest BCUT2D eigenvalue weighted by atomic mass is 16.6. The molecule has 0 aliphatic carbocycles. The van der Waals surface area contributed by atoms with E-state index < -0.39 is 5.60 Å². The quantitative estimate of drug-likeness (QED) is 0.746. The van der Waals surface area contributed by atoms with Gasteiger partial charge in [0.15, 0.2) is 0 Å². The van der Waals surface area contributed by atoms with Gasteiger partial charge < -0.3 is 14.1 Å². The first kappa shape index (κ1) is 11.9. The highest BCUT2D eigenvalue weighted by molar-refractivity contribution is 5.69. The SMILES string of the molecule is Cc1nnc(C2CN(C(=O)OC(C)(C)C)C2)o1. The molecule has 0 aromatic carbocycles. The van der Waals surface area contributed by atoms with Crippen molar-refractivity contribution in [2.24, 2.45) is 0 Å². The molecule has 0 atom stereocenters. The number of amides is 1. The predicted molar refractivity (Wildman–Crippen MR) is 59.6 cm³/mol. The molecular formula is C11H17N3O3. The van der Waals surface area contributed by atoms with Gasteiger partial charge in [0.25, 0.3) is 0 Å². The van der Waals surface area contributed by atoms with Crippen LogP contribution in [0.25, 0.3) is 0 Å². The summed E-state index contributed by atoms with van der Waals surface area (Å²) >= 11 is 0. The van der Waals surface area contributed by atoms with E-state index in [2.05, 4.69) is 10.2 Å². The third kappa shape index (κ3) is 2.75. The zero-order chi connectivity index (χ0) is 12.6. The number of carbonyl (C=O) groups excluding carboxylic acids is 1. The monoisotopic (exact) mass is 239 g/mol. The third-order valence-electron chi connectivity index (χ3n) is 2.42. The van der Waals surface area contributed by atoms with Gasteiger partial charge in [0, 0.05) is 20.0 Å². The Morgan fingerprint density at radius 1 is 1.41 bits per heavy atom. The van der Waals surface area contributed by atoms with E-state index in [-0.39, 0.29) is 12.0 Å². The molecule has 1 aliphatic rings. The van der Waals surface area contributed by atoms with E-state index in [1.807, 2.05) is 20.8 Å². The van der Waals surface area contributed by atoms with Crippen molar-refractivity contribution in [1.29, 1.82) is 0 Å². The molecule has 1 aliphatic heterocycles. The smallest absolute Gasteiger partial charge is 0.410 e.